The molecule has 26 heavy (non-hydrogen) atoms. The minimum Gasteiger partial charge on any atom is -0.507 e. The molecule has 0 saturated heterocycles. The third kappa shape index (κ3) is 5.69. The Morgan fingerprint density at radius 1 is 1.04 bits per heavy atom. The summed E-state index contributed by atoms with van der Waals surface area (Å²) >= 11 is 0. The molecule has 0 aliphatic rings. The van der Waals surface area contributed by atoms with Crippen molar-refractivity contribution >= 4 is 5.96 Å². The van der Waals surface area contributed by atoms with Gasteiger partial charge in [-0.3, -0.25) is 0 Å². The summed E-state index contributed by atoms with van der Waals surface area (Å²) in [5, 5.41) is 16.5. The monoisotopic (exact) mass is 355 g/mol. The largest absolute Gasteiger partial charge is 0.507 e. The molecule has 5 nitrogen and oxygen atoms in total. The Morgan fingerprint density at radius 3 is 2.27 bits per heavy atom. The van der Waals surface area contributed by atoms with Gasteiger partial charge in [0.25, 0.3) is 0 Å². The second-order valence-electron chi connectivity index (χ2n) is 6.30. The van der Waals surface area contributed by atoms with Gasteiger partial charge >= 0.3 is 0 Å². The number of hydrogen-bond acceptors (Lipinski definition) is 3. The summed E-state index contributed by atoms with van der Waals surface area (Å²) in [5.74, 6) is 2.03. The number of aliphatic imine (C=N–C) groups is 1. The van der Waals surface area contributed by atoms with Gasteiger partial charge in [0.15, 0.2) is 5.96 Å². The number of ether oxygens (including phenoxy) is 1. The Bertz CT molecular complexity index is 716. The van der Waals surface area contributed by atoms with Gasteiger partial charge in [-0.05, 0) is 61.6 Å². The molecule has 0 bridgehead atoms. The highest BCUT2D eigenvalue weighted by Gasteiger charge is 2.04. The smallest absolute Gasteiger partial charge is 0.191 e. The van der Waals surface area contributed by atoms with Crippen molar-refractivity contribution in [2.75, 3.05) is 20.2 Å². The summed E-state index contributed by atoms with van der Waals surface area (Å²) in [6.45, 7) is 8.05. The number of phenols is 1. The quantitative estimate of drug-likeness (QED) is 0.527. The van der Waals surface area contributed by atoms with E-state index in [1.165, 1.54) is 5.56 Å². The van der Waals surface area contributed by atoms with Crippen LogP contribution in [0.5, 0.6) is 11.5 Å². The number of nitrogens with one attached hydrogen (secondary N) is 2. The van der Waals surface area contributed by atoms with Gasteiger partial charge in [-0.15, -0.1) is 0 Å². The molecule has 5 heteroatoms. The maximum absolute atomic E-state index is 9.88. The van der Waals surface area contributed by atoms with Gasteiger partial charge in [0, 0.05) is 13.1 Å². The Morgan fingerprint density at radius 2 is 1.69 bits per heavy atom. The number of phenolic OH excluding ortho intramolecular Hbond substituents is 1. The highest BCUT2D eigenvalue weighted by Crippen LogP contribution is 2.23. The van der Waals surface area contributed by atoms with Gasteiger partial charge in [0.05, 0.1) is 13.7 Å². The van der Waals surface area contributed by atoms with Crippen LogP contribution in [0.15, 0.2) is 41.4 Å². The fourth-order valence-electron chi connectivity index (χ4n) is 2.77. The van der Waals surface area contributed by atoms with Crippen LogP contribution in [0.25, 0.3) is 0 Å². The van der Waals surface area contributed by atoms with Crippen LogP contribution in [0.3, 0.4) is 0 Å². The molecule has 0 saturated carbocycles. The number of rotatable bonds is 7. The van der Waals surface area contributed by atoms with Crippen molar-refractivity contribution in [3.63, 3.8) is 0 Å². The SMILES string of the molecule is CCNC(=NCc1cc(C)c(O)c(C)c1)NCCc1ccc(OC)cc1. The maximum atomic E-state index is 9.88. The van der Waals surface area contributed by atoms with Crippen LogP contribution in [-0.2, 0) is 13.0 Å². The molecule has 3 N–H and O–H groups in total. The molecule has 0 radical (unpaired) electrons. The van der Waals surface area contributed by atoms with E-state index in [-0.39, 0.29) is 0 Å². The average Bonchev–Trinajstić information content (AvgIpc) is 2.64. The Labute approximate surface area is 156 Å². The first-order chi connectivity index (χ1) is 12.5. The summed E-state index contributed by atoms with van der Waals surface area (Å²) < 4.78 is 5.18. The molecule has 140 valence electrons. The average molecular weight is 355 g/mol. The van der Waals surface area contributed by atoms with Crippen molar-refractivity contribution in [1.29, 1.82) is 0 Å². The second kappa shape index (κ2) is 9.70. The zero-order chi connectivity index (χ0) is 18.9. The molecule has 2 rings (SSSR count). The van der Waals surface area contributed by atoms with E-state index in [0.29, 0.717) is 12.3 Å². The minimum atomic E-state index is 0.363. The van der Waals surface area contributed by atoms with Gasteiger partial charge in [0.1, 0.15) is 11.5 Å². The van der Waals surface area contributed by atoms with Gasteiger partial charge in [0.2, 0.25) is 0 Å². The lowest BCUT2D eigenvalue weighted by molar-refractivity contribution is 0.414. The first-order valence-electron chi connectivity index (χ1n) is 8.97. The van der Waals surface area contributed by atoms with E-state index in [1.807, 2.05) is 38.1 Å². The molecule has 0 spiro atoms. The molecule has 0 fully saturated rings. The van der Waals surface area contributed by atoms with Crippen LogP contribution in [-0.4, -0.2) is 31.3 Å². The zero-order valence-electron chi connectivity index (χ0n) is 16.1. The molecule has 0 aliphatic heterocycles. The first-order valence-corrected chi connectivity index (χ1v) is 8.97. The minimum absolute atomic E-state index is 0.363. The number of aromatic hydroxyl groups is 1. The number of hydrogen-bond donors (Lipinski definition) is 3. The highest BCUT2D eigenvalue weighted by atomic mass is 16.5. The molecular formula is C21H29N3O2. The molecule has 0 amide bonds. The fourth-order valence-corrected chi connectivity index (χ4v) is 2.77. The van der Waals surface area contributed by atoms with Crippen molar-refractivity contribution in [3.05, 3.63) is 58.7 Å². The van der Waals surface area contributed by atoms with Crippen LogP contribution >= 0.6 is 0 Å². The standard InChI is InChI=1S/C21H29N3O2/c1-5-22-21(23-11-10-17-6-8-19(26-4)9-7-17)24-14-18-12-15(2)20(25)16(3)13-18/h6-9,12-13,25H,5,10-11,14H2,1-4H3,(H2,22,23,24). The lowest BCUT2D eigenvalue weighted by atomic mass is 10.1. The Kier molecular flexibility index (Phi) is 7.33. The van der Waals surface area contributed by atoms with Crippen LogP contribution in [0.1, 0.15) is 29.2 Å². The Hall–Kier alpha value is -2.69. The number of nitrogens with zero attached hydrogens (tertiary/aromatic N) is 1. The summed E-state index contributed by atoms with van der Waals surface area (Å²) in [6.07, 6.45) is 0.909. The van der Waals surface area contributed by atoms with Gasteiger partial charge in [-0.25, -0.2) is 4.99 Å². The van der Waals surface area contributed by atoms with Gasteiger partial charge in [-0.2, -0.15) is 0 Å². The van der Waals surface area contributed by atoms with E-state index in [4.69, 9.17) is 4.74 Å². The fraction of sp³-hybridized carbons (Fsp3) is 0.381. The summed E-state index contributed by atoms with van der Waals surface area (Å²) in [4.78, 5) is 4.65. The van der Waals surface area contributed by atoms with Crippen molar-refractivity contribution in [2.24, 2.45) is 4.99 Å². The van der Waals surface area contributed by atoms with E-state index in [1.54, 1.807) is 7.11 Å². The third-order valence-electron chi connectivity index (χ3n) is 4.18. The van der Waals surface area contributed by atoms with Crippen molar-refractivity contribution in [2.45, 2.75) is 33.7 Å². The Balaban J connectivity index is 1.93. The predicted octanol–water partition coefficient (Wildman–Crippen LogP) is 3.32. The van der Waals surface area contributed by atoms with Gasteiger partial charge < -0.3 is 20.5 Å². The van der Waals surface area contributed by atoms with Crippen molar-refractivity contribution < 1.29 is 9.84 Å². The number of aryl methyl sites for hydroxylation is 2. The van der Waals surface area contributed by atoms with Crippen LogP contribution in [0.4, 0.5) is 0 Å². The summed E-state index contributed by atoms with van der Waals surface area (Å²) in [6, 6.07) is 12.1. The zero-order valence-corrected chi connectivity index (χ0v) is 16.1. The van der Waals surface area contributed by atoms with E-state index >= 15 is 0 Å². The molecule has 2 aromatic rings. The second-order valence-corrected chi connectivity index (χ2v) is 6.30. The van der Waals surface area contributed by atoms with Crippen LogP contribution in [0.2, 0.25) is 0 Å². The lowest BCUT2D eigenvalue weighted by Crippen LogP contribution is -2.38. The lowest BCUT2D eigenvalue weighted by Gasteiger charge is -2.12. The molecular weight excluding hydrogens is 326 g/mol. The molecule has 2 aromatic carbocycles. The maximum Gasteiger partial charge on any atom is 0.191 e. The number of methoxy groups -OCH3 is 1. The molecule has 0 atom stereocenters. The predicted molar refractivity (Wildman–Crippen MR) is 107 cm³/mol. The molecule has 0 heterocycles. The van der Waals surface area contributed by atoms with Crippen molar-refractivity contribution in [3.8, 4) is 11.5 Å². The van der Waals surface area contributed by atoms with Crippen molar-refractivity contribution in [1.82, 2.24) is 10.6 Å². The third-order valence-corrected chi connectivity index (χ3v) is 4.18. The van der Waals surface area contributed by atoms with E-state index < -0.39 is 0 Å². The molecule has 0 aliphatic carbocycles. The molecule has 0 unspecified atom stereocenters. The van der Waals surface area contributed by atoms with E-state index in [0.717, 1.165) is 47.9 Å². The summed E-state index contributed by atoms with van der Waals surface area (Å²) in [7, 11) is 1.67. The van der Waals surface area contributed by atoms with E-state index in [2.05, 4.69) is 34.7 Å². The highest BCUT2D eigenvalue weighted by molar-refractivity contribution is 5.79. The van der Waals surface area contributed by atoms with Crippen LogP contribution in [0, 0.1) is 13.8 Å². The topological polar surface area (TPSA) is 65.9 Å². The summed E-state index contributed by atoms with van der Waals surface area (Å²) in [5.41, 5.74) is 4.10. The van der Waals surface area contributed by atoms with E-state index in [9.17, 15) is 5.11 Å². The van der Waals surface area contributed by atoms with Gasteiger partial charge in [-0.1, -0.05) is 24.3 Å². The number of guanidine groups is 1. The number of benzene rings is 2. The first kappa shape index (κ1) is 19.6. The van der Waals surface area contributed by atoms with Crippen LogP contribution < -0.4 is 15.4 Å². The normalized spacial score (nSPS) is 11.3. The molecule has 0 aromatic heterocycles.